The van der Waals surface area contributed by atoms with Crippen LogP contribution in [0.5, 0.6) is 0 Å². The molecule has 6 rings (SSSR count). The zero-order valence-electron chi connectivity index (χ0n) is 17.5. The van der Waals surface area contributed by atoms with Gasteiger partial charge in [0, 0.05) is 27.7 Å². The van der Waals surface area contributed by atoms with Crippen molar-refractivity contribution < 1.29 is 4.42 Å². The minimum Gasteiger partial charge on any atom is -0.437 e. The number of pyridine rings is 2. The van der Waals surface area contributed by atoms with Crippen molar-refractivity contribution in [2.75, 3.05) is 0 Å². The van der Waals surface area contributed by atoms with Gasteiger partial charge in [0.05, 0.1) is 5.69 Å². The van der Waals surface area contributed by atoms with Gasteiger partial charge in [0.15, 0.2) is 0 Å². The van der Waals surface area contributed by atoms with Crippen molar-refractivity contribution in [1.82, 2.24) is 9.97 Å². The number of hydrogen-bond acceptors (Lipinski definition) is 3. The summed E-state index contributed by atoms with van der Waals surface area (Å²) in [5, 5.41) is 2.17. The fourth-order valence-electron chi connectivity index (χ4n) is 4.71. The molecule has 3 heteroatoms. The molecule has 0 radical (unpaired) electrons. The van der Waals surface area contributed by atoms with Gasteiger partial charge >= 0.3 is 0 Å². The molecule has 1 aliphatic carbocycles. The number of fused-ring (bicyclic) bond motifs is 4. The van der Waals surface area contributed by atoms with Crippen LogP contribution in [0.25, 0.3) is 33.3 Å². The molecule has 1 aliphatic rings. The monoisotopic (exact) mass is 404 g/mol. The van der Waals surface area contributed by atoms with Gasteiger partial charge in [0.25, 0.3) is 0 Å². The highest BCUT2D eigenvalue weighted by Crippen LogP contribution is 2.35. The Bertz CT molecular complexity index is 1380. The van der Waals surface area contributed by atoms with E-state index in [1.807, 2.05) is 0 Å². The predicted octanol–water partition coefficient (Wildman–Crippen LogP) is 6.71. The Kier molecular flexibility index (Phi) is 4.53. The number of rotatable bonds is 4. The molecule has 0 N–H and O–H groups in total. The average Bonchev–Trinajstić information content (AvgIpc) is 3.21. The van der Waals surface area contributed by atoms with E-state index in [4.69, 9.17) is 14.4 Å². The van der Waals surface area contributed by atoms with E-state index in [1.165, 1.54) is 29.7 Å². The summed E-state index contributed by atoms with van der Waals surface area (Å²) in [6.45, 7) is 0. The lowest BCUT2D eigenvalue weighted by molar-refractivity contribution is 0.650. The van der Waals surface area contributed by atoms with Crippen molar-refractivity contribution in [3.63, 3.8) is 0 Å². The summed E-state index contributed by atoms with van der Waals surface area (Å²) in [6, 6.07) is 25.5. The van der Waals surface area contributed by atoms with Crippen LogP contribution in [0, 0.1) is 0 Å². The zero-order chi connectivity index (χ0) is 20.6. The Labute approximate surface area is 181 Å². The molecule has 0 unspecified atom stereocenters. The van der Waals surface area contributed by atoms with E-state index in [0.717, 1.165) is 59.0 Å². The van der Waals surface area contributed by atoms with Crippen LogP contribution in [-0.4, -0.2) is 9.97 Å². The molecule has 0 aliphatic heterocycles. The van der Waals surface area contributed by atoms with Gasteiger partial charge in [0.1, 0.15) is 5.58 Å². The van der Waals surface area contributed by atoms with Crippen molar-refractivity contribution >= 4 is 22.1 Å². The number of furan rings is 1. The molecule has 0 fully saturated rings. The fourth-order valence-corrected chi connectivity index (χ4v) is 4.71. The first-order valence-corrected chi connectivity index (χ1v) is 11.2. The molecular weight excluding hydrogens is 380 g/mol. The third-order valence-electron chi connectivity index (χ3n) is 6.39. The second-order valence-corrected chi connectivity index (χ2v) is 8.43. The maximum absolute atomic E-state index is 6.32. The molecule has 5 aromatic rings. The number of aryl methyl sites for hydroxylation is 4. The summed E-state index contributed by atoms with van der Waals surface area (Å²) in [6.07, 6.45) is 6.60. The zero-order valence-corrected chi connectivity index (χ0v) is 17.5. The first-order valence-electron chi connectivity index (χ1n) is 11.2. The Morgan fingerprint density at radius 3 is 2.55 bits per heavy atom. The van der Waals surface area contributed by atoms with Gasteiger partial charge in [-0.2, -0.15) is 0 Å². The molecule has 0 saturated carbocycles. The number of aromatic nitrogens is 2. The van der Waals surface area contributed by atoms with Gasteiger partial charge in [-0.1, -0.05) is 48.5 Å². The lowest BCUT2D eigenvalue weighted by Crippen LogP contribution is -2.05. The van der Waals surface area contributed by atoms with E-state index in [1.54, 1.807) is 0 Å². The van der Waals surface area contributed by atoms with Crippen molar-refractivity contribution in [2.24, 2.45) is 0 Å². The quantitative estimate of drug-likeness (QED) is 0.334. The lowest BCUT2D eigenvalue weighted by atomic mass is 9.95. The first-order chi connectivity index (χ1) is 15.3. The summed E-state index contributed by atoms with van der Waals surface area (Å²) in [5.74, 6) is 0. The van der Waals surface area contributed by atoms with Crippen molar-refractivity contribution in [1.29, 1.82) is 0 Å². The van der Waals surface area contributed by atoms with Crippen LogP contribution in [0.1, 0.15) is 35.4 Å². The molecule has 0 atom stereocenters. The van der Waals surface area contributed by atoms with Crippen molar-refractivity contribution in [3.05, 3.63) is 95.3 Å². The number of benzene rings is 2. The highest BCUT2D eigenvalue weighted by molar-refractivity contribution is 6.08. The Morgan fingerprint density at radius 1 is 0.710 bits per heavy atom. The molecule has 3 heterocycles. The van der Waals surface area contributed by atoms with Crippen LogP contribution in [0.2, 0.25) is 0 Å². The van der Waals surface area contributed by atoms with Gasteiger partial charge in [-0.25, -0.2) is 4.98 Å². The van der Waals surface area contributed by atoms with Gasteiger partial charge < -0.3 is 4.42 Å². The number of para-hydroxylation sites is 1. The van der Waals surface area contributed by atoms with Crippen LogP contribution >= 0.6 is 0 Å². The van der Waals surface area contributed by atoms with Gasteiger partial charge in [-0.3, -0.25) is 4.98 Å². The average molecular weight is 405 g/mol. The molecule has 152 valence electrons. The fraction of sp³-hybridized carbons (Fsp3) is 0.214. The molecule has 0 spiro atoms. The Hall–Kier alpha value is -3.46. The molecule has 3 nitrogen and oxygen atoms in total. The highest BCUT2D eigenvalue weighted by Gasteiger charge is 2.16. The third kappa shape index (κ3) is 3.40. The van der Waals surface area contributed by atoms with Gasteiger partial charge in [-0.05, 0) is 73.9 Å². The summed E-state index contributed by atoms with van der Waals surface area (Å²) in [7, 11) is 0. The maximum atomic E-state index is 6.32. The van der Waals surface area contributed by atoms with Crippen LogP contribution < -0.4 is 0 Å². The lowest BCUT2D eigenvalue weighted by Gasteiger charge is -2.15. The molecule has 0 bridgehead atoms. The number of nitrogens with zero attached hydrogens (tertiary/aromatic N) is 2. The Balaban J connectivity index is 1.38. The van der Waals surface area contributed by atoms with Gasteiger partial charge in [-0.15, -0.1) is 0 Å². The van der Waals surface area contributed by atoms with Crippen molar-refractivity contribution in [3.8, 4) is 11.3 Å². The minimum atomic E-state index is 0.714. The maximum Gasteiger partial charge on any atom is 0.227 e. The summed E-state index contributed by atoms with van der Waals surface area (Å²) in [5.41, 5.74) is 8.68. The molecule has 31 heavy (non-hydrogen) atoms. The van der Waals surface area contributed by atoms with E-state index >= 15 is 0 Å². The summed E-state index contributed by atoms with van der Waals surface area (Å²) < 4.78 is 6.32. The molecule has 0 amide bonds. The molecule has 2 aromatic carbocycles. The first kappa shape index (κ1) is 18.3. The SMILES string of the molecule is c1ccc(CCc2ccc3c(n2)oc2c(-c4ccc5c(n4)CCCC5)cccc23)cc1. The predicted molar refractivity (Wildman–Crippen MR) is 125 cm³/mol. The van der Waals surface area contributed by atoms with Crippen LogP contribution in [0.3, 0.4) is 0 Å². The molecule has 3 aromatic heterocycles. The van der Waals surface area contributed by atoms with Crippen LogP contribution in [-0.2, 0) is 25.7 Å². The van der Waals surface area contributed by atoms with Crippen molar-refractivity contribution in [2.45, 2.75) is 38.5 Å². The van der Waals surface area contributed by atoms with E-state index in [9.17, 15) is 0 Å². The van der Waals surface area contributed by atoms with E-state index < -0.39 is 0 Å². The van der Waals surface area contributed by atoms with Crippen LogP contribution in [0.4, 0.5) is 0 Å². The molecule has 0 saturated heterocycles. The third-order valence-corrected chi connectivity index (χ3v) is 6.39. The van der Waals surface area contributed by atoms with E-state index in [-0.39, 0.29) is 0 Å². The molecular formula is C28H24N2O. The van der Waals surface area contributed by atoms with Gasteiger partial charge in [0.2, 0.25) is 5.71 Å². The smallest absolute Gasteiger partial charge is 0.227 e. The topological polar surface area (TPSA) is 38.9 Å². The van der Waals surface area contributed by atoms with E-state index in [0.29, 0.717) is 5.71 Å². The summed E-state index contributed by atoms with van der Waals surface area (Å²) >= 11 is 0. The normalized spacial score (nSPS) is 13.5. The summed E-state index contributed by atoms with van der Waals surface area (Å²) in [4.78, 5) is 9.85. The second-order valence-electron chi connectivity index (χ2n) is 8.43. The van der Waals surface area contributed by atoms with E-state index in [2.05, 4.69) is 72.8 Å². The second kappa shape index (κ2) is 7.66. The Morgan fingerprint density at radius 2 is 1.61 bits per heavy atom. The minimum absolute atomic E-state index is 0.714. The van der Waals surface area contributed by atoms with Crippen LogP contribution in [0.15, 0.2) is 77.2 Å². The standard InChI is InChI=1S/C28H24N2O/c1-2-7-19(8-3-1)13-15-21-16-17-23-22-10-6-11-24(27(22)31-28(23)29-21)26-18-14-20-9-4-5-12-25(20)30-26/h1-3,6-8,10-11,14,16-18H,4-5,9,12-13,15H2. The number of hydrogen-bond donors (Lipinski definition) is 0. The highest BCUT2D eigenvalue weighted by atomic mass is 16.3. The largest absolute Gasteiger partial charge is 0.437 e.